The molecule has 1 saturated carbocycles. The molecule has 0 saturated heterocycles. The Balaban J connectivity index is 1.58. The first kappa shape index (κ1) is 16.0. The van der Waals surface area contributed by atoms with Gasteiger partial charge in [-0.05, 0) is 36.5 Å². The van der Waals surface area contributed by atoms with E-state index in [2.05, 4.69) is 10.3 Å². The predicted molar refractivity (Wildman–Crippen MR) is 82.3 cm³/mol. The van der Waals surface area contributed by atoms with Crippen LogP contribution in [0.2, 0.25) is 0 Å². The molecule has 3 nitrogen and oxygen atoms in total. The van der Waals surface area contributed by atoms with Gasteiger partial charge in [-0.25, -0.2) is 4.98 Å². The van der Waals surface area contributed by atoms with Crippen LogP contribution in [0.4, 0.5) is 18.3 Å². The number of benzene rings is 1. The zero-order valence-electron chi connectivity index (χ0n) is 12.2. The van der Waals surface area contributed by atoms with Gasteiger partial charge in [0.05, 0.1) is 5.56 Å². The van der Waals surface area contributed by atoms with Crippen LogP contribution in [-0.4, -0.2) is 10.9 Å². The molecule has 1 fully saturated rings. The molecule has 122 valence electrons. The highest BCUT2D eigenvalue weighted by molar-refractivity contribution is 7.15. The lowest BCUT2D eigenvalue weighted by molar-refractivity contribution is -0.137. The summed E-state index contributed by atoms with van der Waals surface area (Å²) in [6.07, 6.45) is 0.591. The lowest BCUT2D eigenvalue weighted by atomic mass is 10.1. The van der Waals surface area contributed by atoms with Crippen LogP contribution in [0.25, 0.3) is 0 Å². The number of rotatable bonds is 5. The number of hydrogen-bond acceptors (Lipinski definition) is 3. The molecule has 0 aliphatic heterocycles. The van der Waals surface area contributed by atoms with Gasteiger partial charge in [0.25, 0.3) is 0 Å². The SMILES string of the molecule is O=C(CC1CC1)Nc1ncc(Cc2ccc(C(F)(F)F)cc2)s1. The number of hydrogen-bond donors (Lipinski definition) is 1. The summed E-state index contributed by atoms with van der Waals surface area (Å²) in [5.41, 5.74) is 0.121. The van der Waals surface area contributed by atoms with Crippen molar-refractivity contribution in [1.29, 1.82) is 0 Å². The monoisotopic (exact) mass is 340 g/mol. The Hall–Kier alpha value is -1.89. The molecule has 1 aromatic heterocycles. The number of nitrogens with zero attached hydrogens (tertiary/aromatic N) is 1. The van der Waals surface area contributed by atoms with Gasteiger partial charge in [0.1, 0.15) is 0 Å². The molecule has 0 spiro atoms. The van der Waals surface area contributed by atoms with Gasteiger partial charge in [0, 0.05) is 23.9 Å². The normalized spacial score (nSPS) is 14.7. The van der Waals surface area contributed by atoms with E-state index in [0.29, 0.717) is 23.9 Å². The van der Waals surface area contributed by atoms with Crippen LogP contribution < -0.4 is 5.32 Å². The molecule has 0 unspecified atom stereocenters. The van der Waals surface area contributed by atoms with Gasteiger partial charge in [-0.3, -0.25) is 4.79 Å². The Morgan fingerprint density at radius 3 is 2.57 bits per heavy atom. The van der Waals surface area contributed by atoms with Crippen LogP contribution in [0.5, 0.6) is 0 Å². The zero-order chi connectivity index (χ0) is 16.4. The third-order valence-electron chi connectivity index (χ3n) is 3.63. The molecule has 1 aromatic carbocycles. The molecule has 0 radical (unpaired) electrons. The van der Waals surface area contributed by atoms with Gasteiger partial charge in [0.2, 0.25) is 5.91 Å². The van der Waals surface area contributed by atoms with Gasteiger partial charge < -0.3 is 5.32 Å². The van der Waals surface area contributed by atoms with Crippen molar-refractivity contribution in [2.24, 2.45) is 5.92 Å². The topological polar surface area (TPSA) is 42.0 Å². The molecule has 2 aromatic rings. The molecule has 0 bridgehead atoms. The number of thiazole rings is 1. The number of amides is 1. The summed E-state index contributed by atoms with van der Waals surface area (Å²) >= 11 is 1.35. The number of aromatic nitrogens is 1. The minimum Gasteiger partial charge on any atom is -0.302 e. The largest absolute Gasteiger partial charge is 0.416 e. The van der Waals surface area contributed by atoms with E-state index in [1.807, 2.05) is 0 Å². The standard InChI is InChI=1S/C16H15F3N2OS/c17-16(18,19)12-5-3-10(4-6-12)7-13-9-20-15(23-13)21-14(22)8-11-1-2-11/h3-6,9,11H,1-2,7-8H2,(H,20,21,22). The number of alkyl halides is 3. The van der Waals surface area contributed by atoms with E-state index in [9.17, 15) is 18.0 Å². The Kier molecular flexibility index (Phi) is 4.39. The second-order valence-electron chi connectivity index (χ2n) is 5.70. The van der Waals surface area contributed by atoms with Crippen LogP contribution >= 0.6 is 11.3 Å². The van der Waals surface area contributed by atoms with Crippen LogP contribution in [0.1, 0.15) is 35.3 Å². The summed E-state index contributed by atoms with van der Waals surface area (Å²) < 4.78 is 37.6. The van der Waals surface area contributed by atoms with Crippen molar-refractivity contribution < 1.29 is 18.0 Å². The maximum absolute atomic E-state index is 12.5. The maximum atomic E-state index is 12.5. The first-order valence-corrected chi connectivity index (χ1v) is 8.12. The second-order valence-corrected chi connectivity index (χ2v) is 6.81. The highest BCUT2D eigenvalue weighted by Crippen LogP contribution is 2.33. The second kappa shape index (κ2) is 6.31. The first-order valence-electron chi connectivity index (χ1n) is 7.31. The Morgan fingerprint density at radius 1 is 1.26 bits per heavy atom. The molecule has 1 amide bonds. The number of halogens is 3. The lowest BCUT2D eigenvalue weighted by Gasteiger charge is -2.06. The van der Waals surface area contributed by atoms with Crippen molar-refractivity contribution in [2.45, 2.75) is 31.9 Å². The first-order chi connectivity index (χ1) is 10.9. The average molecular weight is 340 g/mol. The molecule has 0 atom stereocenters. The van der Waals surface area contributed by atoms with Crippen LogP contribution in [0.3, 0.4) is 0 Å². The fourth-order valence-electron chi connectivity index (χ4n) is 2.21. The Morgan fingerprint density at radius 2 is 1.96 bits per heavy atom. The van der Waals surface area contributed by atoms with E-state index in [4.69, 9.17) is 0 Å². The van der Waals surface area contributed by atoms with Crippen molar-refractivity contribution >= 4 is 22.4 Å². The highest BCUT2D eigenvalue weighted by atomic mass is 32.1. The molecule has 3 rings (SSSR count). The van der Waals surface area contributed by atoms with Gasteiger partial charge in [-0.2, -0.15) is 13.2 Å². The van der Waals surface area contributed by atoms with Gasteiger partial charge >= 0.3 is 6.18 Å². The minimum absolute atomic E-state index is 0.0251. The van der Waals surface area contributed by atoms with Gasteiger partial charge in [-0.1, -0.05) is 12.1 Å². The highest BCUT2D eigenvalue weighted by Gasteiger charge is 2.30. The number of nitrogens with one attached hydrogen (secondary N) is 1. The van der Waals surface area contributed by atoms with E-state index in [-0.39, 0.29) is 5.91 Å². The fourth-order valence-corrected chi connectivity index (χ4v) is 3.08. The molecule has 23 heavy (non-hydrogen) atoms. The Labute approximate surface area is 135 Å². The molecule has 1 aliphatic rings. The van der Waals surface area contributed by atoms with Crippen LogP contribution in [0.15, 0.2) is 30.5 Å². The summed E-state index contributed by atoms with van der Waals surface area (Å²) in [7, 11) is 0. The number of carbonyl (C=O) groups excluding carboxylic acids is 1. The van der Waals surface area contributed by atoms with E-state index in [0.717, 1.165) is 35.4 Å². The molecular weight excluding hydrogens is 325 g/mol. The third-order valence-corrected chi connectivity index (χ3v) is 4.54. The van der Waals surface area contributed by atoms with E-state index in [1.165, 1.54) is 23.5 Å². The third kappa shape index (κ3) is 4.54. The van der Waals surface area contributed by atoms with Crippen molar-refractivity contribution in [1.82, 2.24) is 4.98 Å². The molecule has 1 N–H and O–H groups in total. The predicted octanol–water partition coefficient (Wildman–Crippen LogP) is 4.49. The number of carbonyl (C=O) groups is 1. The summed E-state index contributed by atoms with van der Waals surface area (Å²) in [5, 5.41) is 3.31. The van der Waals surface area contributed by atoms with E-state index >= 15 is 0 Å². The minimum atomic E-state index is -4.32. The average Bonchev–Trinajstić information content (AvgIpc) is 3.18. The Bertz CT molecular complexity index is 690. The van der Waals surface area contributed by atoms with Gasteiger partial charge in [0.15, 0.2) is 5.13 Å². The van der Waals surface area contributed by atoms with Crippen molar-refractivity contribution in [3.63, 3.8) is 0 Å². The smallest absolute Gasteiger partial charge is 0.302 e. The molecular formula is C16H15F3N2OS. The van der Waals surface area contributed by atoms with E-state index < -0.39 is 11.7 Å². The summed E-state index contributed by atoms with van der Waals surface area (Å²) in [6, 6.07) is 5.09. The van der Waals surface area contributed by atoms with Crippen molar-refractivity contribution in [3.8, 4) is 0 Å². The zero-order valence-corrected chi connectivity index (χ0v) is 13.0. The quantitative estimate of drug-likeness (QED) is 0.871. The number of anilines is 1. The fraction of sp³-hybridized carbons (Fsp3) is 0.375. The summed E-state index contributed by atoms with van der Waals surface area (Å²) in [4.78, 5) is 16.7. The summed E-state index contributed by atoms with van der Waals surface area (Å²) in [6.45, 7) is 0. The van der Waals surface area contributed by atoms with Crippen molar-refractivity contribution in [2.75, 3.05) is 5.32 Å². The van der Waals surface area contributed by atoms with Crippen LogP contribution in [0, 0.1) is 5.92 Å². The lowest BCUT2D eigenvalue weighted by Crippen LogP contribution is -2.11. The van der Waals surface area contributed by atoms with Crippen molar-refractivity contribution in [3.05, 3.63) is 46.5 Å². The van der Waals surface area contributed by atoms with Gasteiger partial charge in [-0.15, -0.1) is 11.3 Å². The van der Waals surface area contributed by atoms with Crippen LogP contribution in [-0.2, 0) is 17.4 Å². The molecule has 1 heterocycles. The molecule has 1 aliphatic carbocycles. The molecule has 7 heteroatoms. The summed E-state index contributed by atoms with van der Waals surface area (Å²) in [5.74, 6) is 0.490. The van der Waals surface area contributed by atoms with E-state index in [1.54, 1.807) is 6.20 Å². The maximum Gasteiger partial charge on any atom is 0.416 e.